The van der Waals surface area contributed by atoms with Gasteiger partial charge in [-0.3, -0.25) is 4.98 Å². The van der Waals surface area contributed by atoms with Crippen molar-refractivity contribution in [1.82, 2.24) is 4.98 Å². The van der Waals surface area contributed by atoms with Crippen LogP contribution in [0.1, 0.15) is 5.56 Å². The maximum atomic E-state index is 8.64. The standard InChI is InChI=1S/C13H8Cl3N3/c14-8-1-2-9(15)12(16)11(8)13-10(18)5-7(3-4-17)6-19-13/h1-2,5-6H,3,18H2. The zero-order valence-corrected chi connectivity index (χ0v) is 11.9. The van der Waals surface area contributed by atoms with Crippen LogP contribution in [0.3, 0.4) is 0 Å². The summed E-state index contributed by atoms with van der Waals surface area (Å²) in [7, 11) is 0. The fraction of sp³-hybridized carbons (Fsp3) is 0.0769. The highest BCUT2D eigenvalue weighted by atomic mass is 35.5. The summed E-state index contributed by atoms with van der Waals surface area (Å²) in [6.07, 6.45) is 1.82. The second-order valence-corrected chi connectivity index (χ2v) is 5.03. The van der Waals surface area contributed by atoms with E-state index in [9.17, 15) is 0 Å². The molecule has 0 aliphatic rings. The molecule has 2 aromatic rings. The van der Waals surface area contributed by atoms with E-state index >= 15 is 0 Å². The number of halogens is 3. The van der Waals surface area contributed by atoms with E-state index in [-0.39, 0.29) is 6.42 Å². The summed E-state index contributed by atoms with van der Waals surface area (Å²) in [5.41, 5.74) is 8.03. The molecular formula is C13H8Cl3N3. The van der Waals surface area contributed by atoms with Crippen LogP contribution in [0.2, 0.25) is 15.1 Å². The lowest BCUT2D eigenvalue weighted by Crippen LogP contribution is -1.97. The number of nitrogens with zero attached hydrogens (tertiary/aromatic N) is 2. The average molecular weight is 313 g/mol. The van der Waals surface area contributed by atoms with E-state index in [0.29, 0.717) is 32.0 Å². The monoisotopic (exact) mass is 311 g/mol. The van der Waals surface area contributed by atoms with Gasteiger partial charge in [-0.25, -0.2) is 0 Å². The minimum Gasteiger partial charge on any atom is -0.397 e. The van der Waals surface area contributed by atoms with Gasteiger partial charge in [0.1, 0.15) is 0 Å². The first-order valence-electron chi connectivity index (χ1n) is 5.29. The van der Waals surface area contributed by atoms with Crippen LogP contribution in [0.4, 0.5) is 5.69 Å². The van der Waals surface area contributed by atoms with Crippen molar-refractivity contribution in [2.45, 2.75) is 6.42 Å². The molecule has 2 N–H and O–H groups in total. The Kier molecular flexibility index (Phi) is 4.16. The number of nitrogens with two attached hydrogens (primary N) is 1. The van der Waals surface area contributed by atoms with Crippen molar-refractivity contribution < 1.29 is 0 Å². The zero-order chi connectivity index (χ0) is 14.0. The molecule has 0 bridgehead atoms. The Morgan fingerprint density at radius 1 is 1.21 bits per heavy atom. The quantitative estimate of drug-likeness (QED) is 0.838. The van der Waals surface area contributed by atoms with Crippen molar-refractivity contribution in [1.29, 1.82) is 5.26 Å². The first-order valence-corrected chi connectivity index (χ1v) is 6.43. The van der Waals surface area contributed by atoms with Crippen molar-refractivity contribution in [2.75, 3.05) is 5.73 Å². The summed E-state index contributed by atoms with van der Waals surface area (Å²) in [5, 5.41) is 9.75. The van der Waals surface area contributed by atoms with Crippen LogP contribution in [0.5, 0.6) is 0 Å². The fourth-order valence-electron chi connectivity index (χ4n) is 1.67. The molecule has 1 aromatic heterocycles. The summed E-state index contributed by atoms with van der Waals surface area (Å²) in [4.78, 5) is 4.23. The van der Waals surface area contributed by atoms with Crippen LogP contribution in [0.25, 0.3) is 11.3 Å². The molecule has 0 aliphatic carbocycles. The van der Waals surface area contributed by atoms with Gasteiger partial charge in [-0.05, 0) is 23.8 Å². The van der Waals surface area contributed by atoms with Gasteiger partial charge in [0.15, 0.2) is 0 Å². The molecule has 1 heterocycles. The van der Waals surface area contributed by atoms with Gasteiger partial charge in [0.25, 0.3) is 0 Å². The Morgan fingerprint density at radius 2 is 1.89 bits per heavy atom. The van der Waals surface area contributed by atoms with Crippen LogP contribution >= 0.6 is 34.8 Å². The number of hydrogen-bond donors (Lipinski definition) is 1. The molecule has 0 saturated heterocycles. The van der Waals surface area contributed by atoms with Crippen molar-refractivity contribution in [3.05, 3.63) is 45.0 Å². The Morgan fingerprint density at radius 3 is 2.53 bits per heavy atom. The summed E-state index contributed by atoms with van der Waals surface area (Å²) in [6, 6.07) is 6.95. The molecule has 6 heteroatoms. The van der Waals surface area contributed by atoms with Crippen molar-refractivity contribution in [3.8, 4) is 17.3 Å². The van der Waals surface area contributed by atoms with E-state index in [2.05, 4.69) is 4.98 Å². The predicted molar refractivity (Wildman–Crippen MR) is 78.4 cm³/mol. The highest BCUT2D eigenvalue weighted by Crippen LogP contribution is 2.40. The first-order chi connectivity index (χ1) is 9.04. The van der Waals surface area contributed by atoms with Crippen LogP contribution in [-0.4, -0.2) is 4.98 Å². The Bertz CT molecular complexity index is 678. The van der Waals surface area contributed by atoms with Gasteiger partial charge in [-0.1, -0.05) is 34.8 Å². The molecule has 19 heavy (non-hydrogen) atoms. The van der Waals surface area contributed by atoms with E-state index in [4.69, 9.17) is 45.8 Å². The minimum absolute atomic E-state index is 0.245. The van der Waals surface area contributed by atoms with E-state index in [1.807, 2.05) is 6.07 Å². The number of hydrogen-bond acceptors (Lipinski definition) is 3. The van der Waals surface area contributed by atoms with Gasteiger partial charge in [0, 0.05) is 11.8 Å². The highest BCUT2D eigenvalue weighted by molar-refractivity contribution is 6.46. The number of aromatic nitrogens is 1. The van der Waals surface area contributed by atoms with E-state index in [1.165, 1.54) is 0 Å². The lowest BCUT2D eigenvalue weighted by molar-refractivity contribution is 1.20. The predicted octanol–water partition coefficient (Wildman–Crippen LogP) is 4.36. The molecule has 0 atom stereocenters. The van der Waals surface area contributed by atoms with Crippen molar-refractivity contribution >= 4 is 40.5 Å². The number of pyridine rings is 1. The van der Waals surface area contributed by atoms with Crippen LogP contribution in [-0.2, 0) is 6.42 Å². The molecular weight excluding hydrogens is 305 g/mol. The lowest BCUT2D eigenvalue weighted by atomic mass is 10.1. The maximum absolute atomic E-state index is 8.64. The zero-order valence-electron chi connectivity index (χ0n) is 9.62. The third kappa shape index (κ3) is 2.76. The minimum atomic E-state index is 0.245. The summed E-state index contributed by atoms with van der Waals surface area (Å²) in [5.74, 6) is 0. The van der Waals surface area contributed by atoms with E-state index in [0.717, 1.165) is 5.56 Å². The molecule has 0 saturated carbocycles. The molecule has 0 spiro atoms. The molecule has 3 nitrogen and oxygen atoms in total. The molecule has 0 aliphatic heterocycles. The van der Waals surface area contributed by atoms with Gasteiger partial charge < -0.3 is 5.73 Å². The fourth-order valence-corrected chi connectivity index (χ4v) is 2.38. The van der Waals surface area contributed by atoms with Crippen LogP contribution in [0, 0.1) is 11.3 Å². The van der Waals surface area contributed by atoms with Crippen LogP contribution in [0.15, 0.2) is 24.4 Å². The number of benzene rings is 1. The summed E-state index contributed by atoms with van der Waals surface area (Å²) >= 11 is 18.2. The van der Waals surface area contributed by atoms with Gasteiger partial charge in [0.05, 0.1) is 38.9 Å². The third-order valence-electron chi connectivity index (χ3n) is 2.54. The van der Waals surface area contributed by atoms with Crippen LogP contribution < -0.4 is 5.73 Å². The molecule has 0 fully saturated rings. The SMILES string of the molecule is N#CCc1cnc(-c2c(Cl)ccc(Cl)c2Cl)c(N)c1. The molecule has 2 rings (SSSR count). The molecule has 1 aromatic carbocycles. The van der Waals surface area contributed by atoms with Gasteiger partial charge in [-0.15, -0.1) is 0 Å². The largest absolute Gasteiger partial charge is 0.397 e. The Hall–Kier alpha value is -1.47. The lowest BCUT2D eigenvalue weighted by Gasteiger charge is -2.11. The number of nitrogen functional groups attached to an aromatic ring is 1. The number of rotatable bonds is 2. The van der Waals surface area contributed by atoms with E-state index in [1.54, 1.807) is 24.4 Å². The normalized spacial score (nSPS) is 10.2. The van der Waals surface area contributed by atoms with Crippen molar-refractivity contribution in [3.63, 3.8) is 0 Å². The van der Waals surface area contributed by atoms with E-state index < -0.39 is 0 Å². The molecule has 0 amide bonds. The maximum Gasteiger partial charge on any atom is 0.0961 e. The number of nitriles is 1. The smallest absolute Gasteiger partial charge is 0.0961 e. The second kappa shape index (κ2) is 5.66. The first kappa shape index (κ1) is 14.0. The second-order valence-electron chi connectivity index (χ2n) is 3.83. The van der Waals surface area contributed by atoms with Gasteiger partial charge >= 0.3 is 0 Å². The average Bonchev–Trinajstić information content (AvgIpc) is 2.37. The molecule has 0 unspecified atom stereocenters. The van der Waals surface area contributed by atoms with Gasteiger partial charge in [-0.2, -0.15) is 5.26 Å². The Balaban J connectivity index is 2.60. The molecule has 96 valence electrons. The van der Waals surface area contributed by atoms with Gasteiger partial charge in [0.2, 0.25) is 0 Å². The summed E-state index contributed by atoms with van der Waals surface area (Å²) in [6.45, 7) is 0. The third-order valence-corrected chi connectivity index (χ3v) is 3.66. The van der Waals surface area contributed by atoms with Crippen molar-refractivity contribution in [2.24, 2.45) is 0 Å². The Labute approximate surface area is 125 Å². The highest BCUT2D eigenvalue weighted by Gasteiger charge is 2.15. The molecule has 0 radical (unpaired) electrons. The number of anilines is 1. The topological polar surface area (TPSA) is 62.7 Å². The summed E-state index contributed by atoms with van der Waals surface area (Å²) < 4.78 is 0.